The minimum atomic E-state index is -0.323. The minimum Gasteiger partial charge on any atom is -0.490 e. The van der Waals surface area contributed by atoms with Crippen molar-refractivity contribution in [2.75, 3.05) is 26.3 Å². The van der Waals surface area contributed by atoms with E-state index in [4.69, 9.17) is 9.47 Å². The monoisotopic (exact) mass is 408 g/mol. The number of benzene rings is 1. The number of carbonyl (C=O) groups is 1. The molecule has 0 spiro atoms. The second kappa shape index (κ2) is 7.95. The number of nitrogens with one attached hydrogen (secondary N) is 1. The molecule has 0 bridgehead atoms. The molecule has 2 fully saturated rings. The molecule has 30 heavy (non-hydrogen) atoms. The van der Waals surface area contributed by atoms with Crippen LogP contribution < -0.4 is 10.3 Å². The van der Waals surface area contributed by atoms with Gasteiger partial charge in [0, 0.05) is 50.2 Å². The predicted molar refractivity (Wildman–Crippen MR) is 111 cm³/mol. The van der Waals surface area contributed by atoms with Gasteiger partial charge in [0.25, 0.3) is 11.5 Å². The van der Waals surface area contributed by atoms with Crippen molar-refractivity contribution in [1.82, 2.24) is 19.4 Å². The first-order chi connectivity index (χ1) is 14.7. The lowest BCUT2D eigenvalue weighted by Gasteiger charge is -2.32. The van der Waals surface area contributed by atoms with E-state index >= 15 is 0 Å². The lowest BCUT2D eigenvalue weighted by molar-refractivity contribution is 0.0592. The Hall–Kier alpha value is -3.13. The van der Waals surface area contributed by atoms with Gasteiger partial charge >= 0.3 is 0 Å². The molecule has 3 aromatic rings. The molecule has 1 atom stereocenters. The van der Waals surface area contributed by atoms with Crippen LogP contribution in [0.2, 0.25) is 0 Å². The molecule has 1 amide bonds. The highest BCUT2D eigenvalue weighted by atomic mass is 16.5. The predicted octanol–water partition coefficient (Wildman–Crippen LogP) is 2.37. The van der Waals surface area contributed by atoms with Crippen molar-refractivity contribution >= 4 is 16.8 Å². The second-order valence-corrected chi connectivity index (χ2v) is 7.84. The van der Waals surface area contributed by atoms with Crippen LogP contribution in [0.4, 0.5) is 0 Å². The number of carbonyl (C=O) groups excluding carboxylic acids is 1. The number of ether oxygens (including phenoxy) is 2. The van der Waals surface area contributed by atoms with Crippen molar-refractivity contribution < 1.29 is 14.3 Å². The fraction of sp³-hybridized carbons (Fsp3) is 0.409. The average molecular weight is 408 g/mol. The maximum absolute atomic E-state index is 12.6. The number of hydrogen-bond donors (Lipinski definition) is 1. The summed E-state index contributed by atoms with van der Waals surface area (Å²) < 4.78 is 14.2. The quantitative estimate of drug-likeness (QED) is 0.716. The van der Waals surface area contributed by atoms with E-state index in [9.17, 15) is 9.59 Å². The van der Waals surface area contributed by atoms with Crippen LogP contribution in [0.3, 0.4) is 0 Å². The van der Waals surface area contributed by atoms with Crippen LogP contribution in [-0.4, -0.2) is 57.7 Å². The number of likely N-dealkylation sites (tertiary alicyclic amines) is 1. The molecule has 2 aliphatic rings. The molecular weight excluding hydrogens is 384 g/mol. The zero-order valence-electron chi connectivity index (χ0n) is 16.6. The molecular formula is C22H24N4O4. The normalized spacial score (nSPS) is 20.0. The first kappa shape index (κ1) is 18.9. The van der Waals surface area contributed by atoms with Gasteiger partial charge in [0.2, 0.25) is 0 Å². The number of hydrogen-bond acceptors (Lipinski definition) is 5. The van der Waals surface area contributed by atoms with E-state index in [0.717, 1.165) is 49.1 Å². The van der Waals surface area contributed by atoms with Gasteiger partial charge in [-0.25, -0.2) is 4.98 Å². The number of aromatic nitrogens is 3. The van der Waals surface area contributed by atoms with Crippen molar-refractivity contribution in [2.24, 2.45) is 0 Å². The van der Waals surface area contributed by atoms with Crippen molar-refractivity contribution in [1.29, 1.82) is 0 Å². The van der Waals surface area contributed by atoms with Gasteiger partial charge in [-0.1, -0.05) is 6.07 Å². The molecule has 2 saturated heterocycles. The number of nitrogens with zero attached hydrogens (tertiary/aromatic N) is 3. The Morgan fingerprint density at radius 1 is 1.20 bits per heavy atom. The molecule has 1 N–H and O–H groups in total. The summed E-state index contributed by atoms with van der Waals surface area (Å²) >= 11 is 0. The van der Waals surface area contributed by atoms with Gasteiger partial charge in [-0.3, -0.25) is 9.59 Å². The molecule has 0 radical (unpaired) electrons. The molecule has 1 aromatic carbocycles. The Morgan fingerprint density at radius 2 is 2.07 bits per heavy atom. The van der Waals surface area contributed by atoms with Crippen LogP contribution in [0.15, 0.2) is 47.7 Å². The summed E-state index contributed by atoms with van der Waals surface area (Å²) in [6.45, 7) is 2.72. The van der Waals surface area contributed by atoms with E-state index in [1.807, 2.05) is 12.1 Å². The van der Waals surface area contributed by atoms with Gasteiger partial charge in [0.1, 0.15) is 17.5 Å². The Balaban J connectivity index is 1.26. The van der Waals surface area contributed by atoms with E-state index < -0.39 is 0 Å². The molecule has 4 heterocycles. The second-order valence-electron chi connectivity index (χ2n) is 7.84. The van der Waals surface area contributed by atoms with E-state index in [1.165, 1.54) is 12.4 Å². The summed E-state index contributed by atoms with van der Waals surface area (Å²) in [6, 6.07) is 9.89. The van der Waals surface area contributed by atoms with Crippen LogP contribution >= 0.6 is 0 Å². The third-order valence-corrected chi connectivity index (χ3v) is 5.94. The Bertz CT molecular complexity index is 1110. The lowest BCUT2D eigenvalue weighted by atomic mass is 10.1. The van der Waals surface area contributed by atoms with Gasteiger partial charge in [0.05, 0.1) is 24.5 Å². The highest BCUT2D eigenvalue weighted by Crippen LogP contribution is 2.32. The highest BCUT2D eigenvalue weighted by molar-refractivity contribution is 5.92. The van der Waals surface area contributed by atoms with Gasteiger partial charge < -0.3 is 23.9 Å². The molecule has 0 saturated carbocycles. The zero-order valence-corrected chi connectivity index (χ0v) is 16.6. The number of piperidine rings is 1. The highest BCUT2D eigenvalue weighted by Gasteiger charge is 2.26. The van der Waals surface area contributed by atoms with Crippen molar-refractivity contribution in [3.05, 3.63) is 58.9 Å². The summed E-state index contributed by atoms with van der Waals surface area (Å²) in [5.41, 5.74) is 1.02. The number of amides is 1. The third kappa shape index (κ3) is 3.59. The summed E-state index contributed by atoms with van der Waals surface area (Å²) in [5.74, 6) is 0.670. The van der Waals surface area contributed by atoms with Crippen molar-refractivity contribution in [3.63, 3.8) is 0 Å². The number of fused-ring (bicyclic) bond motifs is 1. The maximum atomic E-state index is 12.6. The SMILES string of the molecule is O=C(c1cc(=O)[nH]cn1)N1CCC(Oc2cccc3c2ccn3C2CCOC2)CC1. The summed E-state index contributed by atoms with van der Waals surface area (Å²) in [5, 5.41) is 1.11. The number of rotatable bonds is 4. The zero-order chi connectivity index (χ0) is 20.5. The standard InChI is InChI=1S/C22H24N4O4/c27-21-12-18(23-14-24-21)22(28)25-8-4-16(5-9-25)30-20-3-1-2-19-17(20)6-10-26(19)15-7-11-29-13-15/h1-3,6,10,12,14-16H,4-5,7-9,11,13H2,(H,23,24,27). The number of aromatic amines is 1. The van der Waals surface area contributed by atoms with E-state index in [1.54, 1.807) is 4.90 Å². The molecule has 1 unspecified atom stereocenters. The van der Waals surface area contributed by atoms with Crippen LogP contribution in [0.1, 0.15) is 35.8 Å². The van der Waals surface area contributed by atoms with Gasteiger partial charge in [-0.05, 0) is 24.6 Å². The van der Waals surface area contributed by atoms with Gasteiger partial charge in [-0.2, -0.15) is 0 Å². The molecule has 8 nitrogen and oxygen atoms in total. The largest absolute Gasteiger partial charge is 0.490 e. The molecule has 2 aliphatic heterocycles. The molecule has 2 aromatic heterocycles. The van der Waals surface area contributed by atoms with E-state index in [0.29, 0.717) is 19.1 Å². The third-order valence-electron chi connectivity index (χ3n) is 5.94. The van der Waals surface area contributed by atoms with E-state index in [-0.39, 0.29) is 23.3 Å². The topological polar surface area (TPSA) is 89.5 Å². The molecule has 5 rings (SSSR count). The fourth-order valence-electron chi connectivity index (χ4n) is 4.33. The first-order valence-corrected chi connectivity index (χ1v) is 10.4. The summed E-state index contributed by atoms with van der Waals surface area (Å²) in [7, 11) is 0. The van der Waals surface area contributed by atoms with Crippen molar-refractivity contribution in [2.45, 2.75) is 31.4 Å². The lowest BCUT2D eigenvalue weighted by Crippen LogP contribution is -2.42. The fourth-order valence-corrected chi connectivity index (χ4v) is 4.33. The van der Waals surface area contributed by atoms with Crippen LogP contribution in [0.25, 0.3) is 10.9 Å². The Morgan fingerprint density at radius 3 is 2.83 bits per heavy atom. The van der Waals surface area contributed by atoms with Crippen molar-refractivity contribution in [3.8, 4) is 5.75 Å². The van der Waals surface area contributed by atoms with Crippen LogP contribution in [-0.2, 0) is 4.74 Å². The summed E-state index contributed by atoms with van der Waals surface area (Å²) in [4.78, 5) is 32.2. The Labute approximate surface area is 173 Å². The molecule has 156 valence electrons. The van der Waals surface area contributed by atoms with Crippen LogP contribution in [0, 0.1) is 0 Å². The van der Waals surface area contributed by atoms with Gasteiger partial charge in [-0.15, -0.1) is 0 Å². The maximum Gasteiger partial charge on any atom is 0.272 e. The average Bonchev–Trinajstić information content (AvgIpc) is 3.44. The number of H-pyrrole nitrogens is 1. The van der Waals surface area contributed by atoms with E-state index in [2.05, 4.69) is 32.9 Å². The summed E-state index contributed by atoms with van der Waals surface area (Å²) in [6.07, 6.45) is 5.93. The smallest absolute Gasteiger partial charge is 0.272 e. The Kier molecular flexibility index (Phi) is 5.00. The molecule has 0 aliphatic carbocycles. The molecule has 8 heteroatoms. The van der Waals surface area contributed by atoms with Gasteiger partial charge in [0.15, 0.2) is 0 Å². The first-order valence-electron chi connectivity index (χ1n) is 10.4. The minimum absolute atomic E-state index is 0.0462. The van der Waals surface area contributed by atoms with Crippen LogP contribution in [0.5, 0.6) is 5.75 Å².